The van der Waals surface area contributed by atoms with E-state index in [1.807, 2.05) is 0 Å². The van der Waals surface area contributed by atoms with E-state index in [-0.39, 0.29) is 41.1 Å². The van der Waals surface area contributed by atoms with Crippen molar-refractivity contribution in [3.05, 3.63) is 34.4 Å². The predicted octanol–water partition coefficient (Wildman–Crippen LogP) is 1.91. The van der Waals surface area contributed by atoms with Gasteiger partial charge in [-0.2, -0.15) is 8.42 Å². The number of rotatable bonds is 2. The molecule has 3 aliphatic rings. The number of benzene rings is 1. The molecule has 0 bridgehead atoms. The summed E-state index contributed by atoms with van der Waals surface area (Å²) >= 11 is 0. The maximum absolute atomic E-state index is 10.9. The second kappa shape index (κ2) is 6.89. The van der Waals surface area contributed by atoms with Crippen molar-refractivity contribution in [3.8, 4) is 0 Å². The van der Waals surface area contributed by atoms with Gasteiger partial charge in [-0.05, 0) is 66.7 Å². The van der Waals surface area contributed by atoms with Gasteiger partial charge in [-0.3, -0.25) is 4.55 Å². The average molecular weight is 376 g/mol. The Morgan fingerprint density at radius 1 is 1.16 bits per heavy atom. The van der Waals surface area contributed by atoms with E-state index in [9.17, 15) is 13.5 Å². The van der Waals surface area contributed by atoms with Crippen LogP contribution in [0.1, 0.15) is 60.8 Å². The third-order valence-corrected chi connectivity index (χ3v) is 7.08. The molecule has 2 N–H and O–H groups in total. The fourth-order valence-electron chi connectivity index (χ4n) is 5.25. The van der Waals surface area contributed by atoms with Gasteiger partial charge in [0, 0.05) is 11.8 Å². The number of hydrogen-bond donors (Lipinski definition) is 2. The normalized spacial score (nSPS) is 33.8. The maximum atomic E-state index is 10.9. The standard InChI is InChI=1S/C18H24O5S.Na.H/c1-18-9-8-14-13-5-3-12(23-24(20,21)22)10-11(13)2-4-15(14)16(18)6-7-17(18)19;;/h2,4,12,16-17,19H,3,5-10H2,1H3,(H,20,21,22);;/t12-,16?,17-,18-;;/m0../s1. The SMILES string of the molecule is C[C@]12CCc3c(ccc4c3CC[C@H](OS(=O)(=O)O)C4)C1CC[C@@H]2O.[NaH]. The number of aliphatic hydroxyl groups excluding tert-OH is 1. The third kappa shape index (κ3) is 3.47. The Bertz CT molecular complexity index is 778. The summed E-state index contributed by atoms with van der Waals surface area (Å²) in [6.45, 7) is 2.22. The molecule has 1 saturated carbocycles. The molecule has 0 amide bonds. The third-order valence-electron chi connectivity index (χ3n) is 6.56. The van der Waals surface area contributed by atoms with Crippen LogP contribution in [0.5, 0.6) is 0 Å². The molecule has 0 heterocycles. The first kappa shape index (κ1) is 19.8. The molecule has 0 radical (unpaired) electrons. The Labute approximate surface area is 171 Å². The van der Waals surface area contributed by atoms with E-state index < -0.39 is 16.5 Å². The van der Waals surface area contributed by atoms with Crippen LogP contribution in [0, 0.1) is 5.41 Å². The number of aliphatic hydroxyl groups is 1. The van der Waals surface area contributed by atoms with E-state index in [1.165, 1.54) is 16.7 Å². The van der Waals surface area contributed by atoms with Crippen molar-refractivity contribution in [2.45, 2.75) is 70.0 Å². The van der Waals surface area contributed by atoms with E-state index in [1.54, 1.807) is 0 Å². The van der Waals surface area contributed by atoms with Crippen LogP contribution in [0.25, 0.3) is 0 Å². The fraction of sp³-hybridized carbons (Fsp3) is 0.667. The zero-order chi connectivity index (χ0) is 17.1. The Balaban J connectivity index is 0.00000182. The second-order valence-electron chi connectivity index (χ2n) is 7.81. The van der Waals surface area contributed by atoms with E-state index in [4.69, 9.17) is 8.74 Å². The van der Waals surface area contributed by atoms with Crippen molar-refractivity contribution in [2.75, 3.05) is 0 Å². The summed E-state index contributed by atoms with van der Waals surface area (Å²) in [4.78, 5) is 0. The first-order valence-electron chi connectivity index (χ1n) is 8.75. The minimum atomic E-state index is -4.40. The van der Waals surface area contributed by atoms with Crippen LogP contribution in [0.15, 0.2) is 12.1 Å². The van der Waals surface area contributed by atoms with Crippen LogP contribution < -0.4 is 0 Å². The van der Waals surface area contributed by atoms with Gasteiger partial charge >= 0.3 is 40.0 Å². The van der Waals surface area contributed by atoms with Crippen LogP contribution >= 0.6 is 0 Å². The van der Waals surface area contributed by atoms with Crippen LogP contribution in [0.3, 0.4) is 0 Å². The zero-order valence-corrected chi connectivity index (χ0v) is 14.7. The monoisotopic (exact) mass is 376 g/mol. The first-order valence-corrected chi connectivity index (χ1v) is 10.1. The molecule has 1 unspecified atom stereocenters. The van der Waals surface area contributed by atoms with Gasteiger partial charge in [-0.1, -0.05) is 19.1 Å². The predicted molar refractivity (Wildman–Crippen MR) is 96.4 cm³/mol. The van der Waals surface area contributed by atoms with Gasteiger partial charge in [0.2, 0.25) is 0 Å². The summed E-state index contributed by atoms with van der Waals surface area (Å²) < 4.78 is 35.6. The molecular formula is C18H25NaO5S. The average Bonchev–Trinajstić information content (AvgIpc) is 2.81. The number of fused-ring (bicyclic) bond motifs is 5. The topological polar surface area (TPSA) is 83.8 Å². The molecule has 0 spiro atoms. The van der Waals surface area contributed by atoms with Gasteiger partial charge in [0.25, 0.3) is 0 Å². The molecule has 25 heavy (non-hydrogen) atoms. The van der Waals surface area contributed by atoms with E-state index in [0.717, 1.165) is 37.7 Å². The molecule has 1 fully saturated rings. The van der Waals surface area contributed by atoms with Crippen LogP contribution in [-0.2, 0) is 33.8 Å². The summed E-state index contributed by atoms with van der Waals surface area (Å²) in [6.07, 6.45) is 5.12. The first-order chi connectivity index (χ1) is 11.3. The Morgan fingerprint density at radius 3 is 2.64 bits per heavy atom. The molecule has 1 aromatic rings. The van der Waals surface area contributed by atoms with E-state index in [0.29, 0.717) is 18.8 Å². The van der Waals surface area contributed by atoms with Gasteiger partial charge in [0.05, 0.1) is 12.2 Å². The zero-order valence-electron chi connectivity index (χ0n) is 13.9. The molecule has 0 aromatic heterocycles. The van der Waals surface area contributed by atoms with Gasteiger partial charge < -0.3 is 5.11 Å². The molecule has 3 aliphatic carbocycles. The Kier molecular flexibility index (Phi) is 5.46. The van der Waals surface area contributed by atoms with Gasteiger partial charge in [0.1, 0.15) is 0 Å². The molecule has 0 saturated heterocycles. The van der Waals surface area contributed by atoms with Gasteiger partial charge in [-0.15, -0.1) is 0 Å². The quantitative estimate of drug-likeness (QED) is 0.608. The minimum absolute atomic E-state index is 0. The summed E-state index contributed by atoms with van der Waals surface area (Å²) in [5.74, 6) is 0.424. The molecule has 134 valence electrons. The molecule has 5 nitrogen and oxygen atoms in total. The van der Waals surface area contributed by atoms with Crippen molar-refractivity contribution >= 4 is 40.0 Å². The summed E-state index contributed by atoms with van der Waals surface area (Å²) in [7, 11) is -4.40. The summed E-state index contributed by atoms with van der Waals surface area (Å²) in [6, 6.07) is 4.26. The van der Waals surface area contributed by atoms with Crippen molar-refractivity contribution < 1.29 is 22.3 Å². The van der Waals surface area contributed by atoms with Gasteiger partial charge in [-0.25, -0.2) is 4.18 Å². The molecule has 1 aromatic carbocycles. The summed E-state index contributed by atoms with van der Waals surface area (Å²) in [5.41, 5.74) is 5.26. The molecule has 4 atom stereocenters. The van der Waals surface area contributed by atoms with Crippen molar-refractivity contribution in [2.24, 2.45) is 5.41 Å². The molecular weight excluding hydrogens is 351 g/mol. The number of hydrogen-bond acceptors (Lipinski definition) is 4. The Morgan fingerprint density at radius 2 is 1.92 bits per heavy atom. The molecule has 7 heteroatoms. The van der Waals surface area contributed by atoms with Crippen LogP contribution in [0.4, 0.5) is 0 Å². The van der Waals surface area contributed by atoms with E-state index >= 15 is 0 Å². The summed E-state index contributed by atoms with van der Waals surface area (Å²) in [5, 5.41) is 10.4. The van der Waals surface area contributed by atoms with Crippen molar-refractivity contribution in [1.29, 1.82) is 0 Å². The van der Waals surface area contributed by atoms with Crippen LogP contribution in [-0.4, -0.2) is 59.8 Å². The van der Waals surface area contributed by atoms with Crippen LogP contribution in [0.2, 0.25) is 0 Å². The molecule has 0 aliphatic heterocycles. The fourth-order valence-corrected chi connectivity index (χ4v) is 5.76. The Hall–Kier alpha value is 0.0500. The van der Waals surface area contributed by atoms with E-state index in [2.05, 4.69) is 19.1 Å². The second-order valence-corrected chi connectivity index (χ2v) is 8.86. The van der Waals surface area contributed by atoms with Crippen molar-refractivity contribution in [1.82, 2.24) is 0 Å². The van der Waals surface area contributed by atoms with Crippen molar-refractivity contribution in [3.63, 3.8) is 0 Å². The van der Waals surface area contributed by atoms with Gasteiger partial charge in [0.15, 0.2) is 0 Å². The molecule has 4 rings (SSSR count).